The second-order valence-electron chi connectivity index (χ2n) is 9.06. The van der Waals surface area contributed by atoms with Crippen LogP contribution in [0.15, 0.2) is 18.2 Å². The molecule has 1 aromatic rings. The Labute approximate surface area is 181 Å². The van der Waals surface area contributed by atoms with E-state index in [1.54, 1.807) is 7.11 Å². The van der Waals surface area contributed by atoms with Crippen LogP contribution in [0.25, 0.3) is 0 Å². The van der Waals surface area contributed by atoms with Crippen LogP contribution in [0, 0.1) is 5.41 Å². The van der Waals surface area contributed by atoms with Gasteiger partial charge in [0.25, 0.3) is 0 Å². The number of amides is 2. The third kappa shape index (κ3) is 5.73. The summed E-state index contributed by atoms with van der Waals surface area (Å²) in [6.45, 7) is 6.67. The van der Waals surface area contributed by atoms with Gasteiger partial charge in [0.1, 0.15) is 5.75 Å². The first-order valence-corrected chi connectivity index (χ1v) is 10.6. The Kier molecular flexibility index (Phi) is 8.12. The fourth-order valence-electron chi connectivity index (χ4n) is 4.57. The van der Waals surface area contributed by atoms with Gasteiger partial charge in [0.15, 0.2) is 0 Å². The second-order valence-corrected chi connectivity index (χ2v) is 9.06. The molecule has 1 aromatic carbocycles. The number of methoxy groups -OCH3 is 1. The van der Waals surface area contributed by atoms with E-state index in [2.05, 4.69) is 24.4 Å². The summed E-state index contributed by atoms with van der Waals surface area (Å²) in [6.07, 6.45) is 5.84. The Morgan fingerprint density at radius 3 is 2.55 bits per heavy atom. The van der Waals surface area contributed by atoms with Crippen molar-refractivity contribution >= 4 is 24.2 Å². The number of likely N-dealkylation sites (tertiary alicyclic amines) is 1. The Balaban J connectivity index is 0.00000300. The highest BCUT2D eigenvalue weighted by Crippen LogP contribution is 2.32. The number of carbonyl (C=O) groups excluding carboxylic acids is 2. The first kappa shape index (κ1) is 23.7. The summed E-state index contributed by atoms with van der Waals surface area (Å²) < 4.78 is 5.55. The quantitative estimate of drug-likeness (QED) is 0.677. The number of nitrogens with one attached hydrogen (secondary N) is 1. The van der Waals surface area contributed by atoms with Gasteiger partial charge in [-0.1, -0.05) is 32.9 Å². The van der Waals surface area contributed by atoms with E-state index < -0.39 is 0 Å². The Bertz CT molecular complexity index is 701. The number of benzene rings is 1. The van der Waals surface area contributed by atoms with Crippen LogP contribution in [-0.2, 0) is 22.4 Å². The molecule has 0 radical (unpaired) electrons. The van der Waals surface area contributed by atoms with E-state index in [1.165, 1.54) is 16.0 Å². The highest BCUT2D eigenvalue weighted by molar-refractivity contribution is 5.98. The van der Waals surface area contributed by atoms with Gasteiger partial charge < -0.3 is 10.1 Å². The zero-order valence-electron chi connectivity index (χ0n) is 18.1. The molecule has 1 saturated heterocycles. The third-order valence-corrected chi connectivity index (χ3v) is 6.19. The zero-order valence-corrected chi connectivity index (χ0v) is 18.9. The van der Waals surface area contributed by atoms with Crippen LogP contribution in [0.5, 0.6) is 5.75 Å². The summed E-state index contributed by atoms with van der Waals surface area (Å²) >= 11 is 0. The molecule has 1 N–H and O–H groups in total. The van der Waals surface area contributed by atoms with Gasteiger partial charge in [0.05, 0.1) is 7.11 Å². The van der Waals surface area contributed by atoms with E-state index >= 15 is 0 Å². The third-order valence-electron chi connectivity index (χ3n) is 6.19. The molecule has 162 valence electrons. The molecule has 0 bridgehead atoms. The van der Waals surface area contributed by atoms with E-state index in [0.29, 0.717) is 31.5 Å². The number of fused-ring (bicyclic) bond motifs is 1. The Morgan fingerprint density at radius 1 is 1.24 bits per heavy atom. The molecule has 1 aliphatic heterocycles. The van der Waals surface area contributed by atoms with Crippen LogP contribution in [-0.4, -0.2) is 42.5 Å². The number of aryl methyl sites for hydroxylation is 1. The number of rotatable bonds is 7. The number of hydrogen-bond donors (Lipinski definition) is 1. The van der Waals surface area contributed by atoms with Crippen molar-refractivity contribution in [1.29, 1.82) is 0 Å². The summed E-state index contributed by atoms with van der Waals surface area (Å²) in [5.41, 5.74) is 2.49. The Morgan fingerprint density at radius 2 is 1.93 bits per heavy atom. The van der Waals surface area contributed by atoms with Gasteiger partial charge in [-0.3, -0.25) is 14.5 Å². The van der Waals surface area contributed by atoms with Crippen LogP contribution in [0.2, 0.25) is 0 Å². The molecule has 0 aromatic heterocycles. The van der Waals surface area contributed by atoms with Crippen molar-refractivity contribution in [3.05, 3.63) is 29.3 Å². The minimum absolute atomic E-state index is 0. The van der Waals surface area contributed by atoms with E-state index in [0.717, 1.165) is 37.9 Å². The molecule has 0 saturated carbocycles. The average Bonchev–Trinajstić information content (AvgIpc) is 2.64. The van der Waals surface area contributed by atoms with Crippen molar-refractivity contribution in [2.24, 2.45) is 5.41 Å². The maximum absolute atomic E-state index is 12.4. The number of carbonyl (C=O) groups is 2. The molecule has 6 heteroatoms. The maximum Gasteiger partial charge on any atom is 0.229 e. The van der Waals surface area contributed by atoms with Crippen molar-refractivity contribution in [3.63, 3.8) is 0 Å². The average molecular weight is 423 g/mol. The molecule has 1 aliphatic carbocycles. The maximum atomic E-state index is 12.4. The SMILES string of the molecule is CCC(CCN1C(=O)CC(C)(C)CC1=O)NC1CCc2cccc(OC)c2C1.Cl. The van der Waals surface area contributed by atoms with Gasteiger partial charge in [0.2, 0.25) is 11.8 Å². The predicted octanol–water partition coefficient (Wildman–Crippen LogP) is 3.91. The largest absolute Gasteiger partial charge is 0.496 e. The van der Waals surface area contributed by atoms with Crippen LogP contribution >= 0.6 is 12.4 Å². The smallest absolute Gasteiger partial charge is 0.229 e. The van der Waals surface area contributed by atoms with E-state index in [1.807, 2.05) is 19.9 Å². The standard InChI is InChI=1S/C23H34N2O3.ClH/c1-5-17(11-12-25-21(26)14-23(2,3)15-22(25)27)24-18-10-9-16-7-6-8-20(28-4)19(16)13-18;/h6-8,17-18,24H,5,9-15H2,1-4H3;1H. The van der Waals surface area contributed by atoms with Crippen molar-refractivity contribution in [2.45, 2.75) is 77.8 Å². The summed E-state index contributed by atoms with van der Waals surface area (Å²) in [5.74, 6) is 0.934. The number of piperidine rings is 1. The summed E-state index contributed by atoms with van der Waals surface area (Å²) in [7, 11) is 1.73. The lowest BCUT2D eigenvalue weighted by Gasteiger charge is -2.36. The van der Waals surface area contributed by atoms with Gasteiger partial charge in [-0.05, 0) is 54.7 Å². The fraction of sp³-hybridized carbons (Fsp3) is 0.652. The number of halogens is 1. The molecule has 0 spiro atoms. The second kappa shape index (κ2) is 9.94. The van der Waals surface area contributed by atoms with Crippen molar-refractivity contribution < 1.29 is 14.3 Å². The van der Waals surface area contributed by atoms with Gasteiger partial charge in [-0.2, -0.15) is 0 Å². The number of nitrogens with zero attached hydrogens (tertiary/aromatic N) is 1. The van der Waals surface area contributed by atoms with Crippen LogP contribution in [0.3, 0.4) is 0 Å². The summed E-state index contributed by atoms with van der Waals surface area (Å²) in [4.78, 5) is 26.3. The van der Waals surface area contributed by atoms with Crippen LogP contribution < -0.4 is 10.1 Å². The van der Waals surface area contributed by atoms with E-state index in [-0.39, 0.29) is 29.6 Å². The van der Waals surface area contributed by atoms with Gasteiger partial charge in [0, 0.05) is 31.5 Å². The molecule has 2 amide bonds. The summed E-state index contributed by atoms with van der Waals surface area (Å²) in [5, 5.41) is 3.78. The molecule has 1 fully saturated rings. The summed E-state index contributed by atoms with van der Waals surface area (Å²) in [6, 6.07) is 7.00. The lowest BCUT2D eigenvalue weighted by atomic mass is 9.81. The van der Waals surface area contributed by atoms with E-state index in [9.17, 15) is 9.59 Å². The molecular weight excluding hydrogens is 388 g/mol. The number of hydrogen-bond acceptors (Lipinski definition) is 4. The minimum atomic E-state index is -0.207. The van der Waals surface area contributed by atoms with Crippen molar-refractivity contribution in [2.75, 3.05) is 13.7 Å². The molecule has 2 aliphatic rings. The number of imide groups is 1. The molecule has 3 rings (SSSR count). The lowest BCUT2D eigenvalue weighted by Crippen LogP contribution is -2.48. The Hall–Kier alpha value is -1.59. The predicted molar refractivity (Wildman–Crippen MR) is 118 cm³/mol. The fourth-order valence-corrected chi connectivity index (χ4v) is 4.57. The normalized spacial score (nSPS) is 21.9. The first-order chi connectivity index (χ1) is 13.3. The monoisotopic (exact) mass is 422 g/mol. The molecular formula is C23H35ClN2O3. The van der Waals surface area contributed by atoms with Gasteiger partial charge in [-0.15, -0.1) is 12.4 Å². The highest BCUT2D eigenvalue weighted by Gasteiger charge is 2.37. The lowest BCUT2D eigenvalue weighted by molar-refractivity contribution is -0.152. The van der Waals surface area contributed by atoms with Crippen molar-refractivity contribution in [1.82, 2.24) is 10.2 Å². The van der Waals surface area contributed by atoms with E-state index in [4.69, 9.17) is 4.74 Å². The molecule has 2 unspecified atom stereocenters. The van der Waals surface area contributed by atoms with Crippen molar-refractivity contribution in [3.8, 4) is 5.75 Å². The van der Waals surface area contributed by atoms with Gasteiger partial charge in [-0.25, -0.2) is 0 Å². The molecule has 5 nitrogen and oxygen atoms in total. The molecule has 29 heavy (non-hydrogen) atoms. The molecule has 2 atom stereocenters. The topological polar surface area (TPSA) is 58.6 Å². The highest BCUT2D eigenvalue weighted by atomic mass is 35.5. The van der Waals surface area contributed by atoms with Gasteiger partial charge >= 0.3 is 0 Å². The van der Waals surface area contributed by atoms with Crippen LogP contribution in [0.4, 0.5) is 0 Å². The zero-order chi connectivity index (χ0) is 20.3. The first-order valence-electron chi connectivity index (χ1n) is 10.6. The van der Waals surface area contributed by atoms with Crippen LogP contribution in [0.1, 0.15) is 64.0 Å². The molecule has 1 heterocycles. The minimum Gasteiger partial charge on any atom is -0.496 e. The number of ether oxygens (including phenoxy) is 1.